The van der Waals surface area contributed by atoms with Gasteiger partial charge in [0.2, 0.25) is 0 Å². The molecular formula is C23H36IN7O2. The number of anilines is 1. The number of nitriles is 1. The van der Waals surface area contributed by atoms with E-state index < -0.39 is 0 Å². The summed E-state index contributed by atoms with van der Waals surface area (Å²) in [6, 6.07) is 11.8. The Morgan fingerprint density at radius 1 is 1.09 bits per heavy atom. The lowest BCUT2D eigenvalue weighted by molar-refractivity contribution is 0.0487. The number of aliphatic imine (C=N–C) groups is 1. The zero-order chi connectivity index (χ0) is 23.0. The lowest BCUT2D eigenvalue weighted by Crippen LogP contribution is -2.39. The molecule has 9 nitrogen and oxygen atoms in total. The van der Waals surface area contributed by atoms with E-state index in [2.05, 4.69) is 33.7 Å². The first-order valence-electron chi connectivity index (χ1n) is 11.1. The number of ether oxygens (including phenoxy) is 2. The van der Waals surface area contributed by atoms with Gasteiger partial charge in [-0.15, -0.1) is 24.0 Å². The maximum absolute atomic E-state index is 9.51. The molecule has 1 aromatic heterocycles. The Kier molecular flexibility index (Phi) is 14.9. The van der Waals surface area contributed by atoms with Crippen LogP contribution in [0.15, 0.2) is 35.3 Å². The first kappa shape index (κ1) is 28.7. The molecule has 0 radical (unpaired) electrons. The number of guanidine groups is 1. The number of aromatic nitrogens is 2. The van der Waals surface area contributed by atoms with Gasteiger partial charge in [0, 0.05) is 26.7 Å². The van der Waals surface area contributed by atoms with Crippen molar-refractivity contribution in [2.75, 3.05) is 52.3 Å². The van der Waals surface area contributed by atoms with Crippen LogP contribution in [0.25, 0.3) is 5.69 Å². The van der Waals surface area contributed by atoms with E-state index in [0.717, 1.165) is 31.6 Å². The van der Waals surface area contributed by atoms with Crippen molar-refractivity contribution in [3.8, 4) is 11.8 Å². The predicted molar refractivity (Wildman–Crippen MR) is 142 cm³/mol. The van der Waals surface area contributed by atoms with Crippen molar-refractivity contribution in [1.29, 1.82) is 5.26 Å². The maximum Gasteiger partial charge on any atom is 0.191 e. The molecule has 4 N–H and O–H groups in total. The van der Waals surface area contributed by atoms with Crippen molar-refractivity contribution < 1.29 is 9.47 Å². The highest BCUT2D eigenvalue weighted by Gasteiger charge is 2.16. The zero-order valence-electron chi connectivity index (χ0n) is 19.5. The third kappa shape index (κ3) is 9.98. The lowest BCUT2D eigenvalue weighted by atomic mass is 10.1. The molecule has 0 saturated heterocycles. The molecule has 1 heterocycles. The number of nitrogen functional groups attached to an aromatic ring is 1. The second kappa shape index (κ2) is 17.2. The standard InChI is InChI=1S/C23H35N7O2.HI/c1-3-4-14-31-16-17-32-15-13-28-23(26-2)27-12-8-11-21-20(18-24)22(25)30(29-21)19-9-6-5-7-10-19;/h5-7,9-10H,3-4,8,11-17,25H2,1-2H3,(H2,26,27,28);1H. The summed E-state index contributed by atoms with van der Waals surface area (Å²) in [7, 11) is 1.73. The molecule has 33 heavy (non-hydrogen) atoms. The van der Waals surface area contributed by atoms with Crippen molar-refractivity contribution in [2.24, 2.45) is 4.99 Å². The van der Waals surface area contributed by atoms with E-state index in [4.69, 9.17) is 15.2 Å². The van der Waals surface area contributed by atoms with Crippen LogP contribution in [-0.2, 0) is 15.9 Å². The van der Waals surface area contributed by atoms with Crippen molar-refractivity contribution in [3.63, 3.8) is 0 Å². The molecule has 2 aromatic rings. The van der Waals surface area contributed by atoms with E-state index in [0.29, 0.717) is 62.4 Å². The second-order valence-corrected chi connectivity index (χ2v) is 7.17. The Hall–Kier alpha value is -2.36. The summed E-state index contributed by atoms with van der Waals surface area (Å²) >= 11 is 0. The van der Waals surface area contributed by atoms with Gasteiger partial charge in [-0.3, -0.25) is 4.99 Å². The van der Waals surface area contributed by atoms with Gasteiger partial charge < -0.3 is 25.8 Å². The fourth-order valence-corrected chi connectivity index (χ4v) is 3.03. The van der Waals surface area contributed by atoms with Crippen molar-refractivity contribution in [2.45, 2.75) is 32.6 Å². The molecule has 0 saturated carbocycles. The van der Waals surface area contributed by atoms with E-state index in [1.807, 2.05) is 30.3 Å². The highest BCUT2D eigenvalue weighted by Crippen LogP contribution is 2.21. The van der Waals surface area contributed by atoms with Gasteiger partial charge in [-0.1, -0.05) is 31.5 Å². The normalized spacial score (nSPS) is 11.0. The molecule has 0 aliphatic heterocycles. The number of hydrogen-bond donors (Lipinski definition) is 3. The van der Waals surface area contributed by atoms with Crippen LogP contribution in [0.4, 0.5) is 5.82 Å². The minimum absolute atomic E-state index is 0. The smallest absolute Gasteiger partial charge is 0.191 e. The Morgan fingerprint density at radius 2 is 1.79 bits per heavy atom. The monoisotopic (exact) mass is 569 g/mol. The summed E-state index contributed by atoms with van der Waals surface area (Å²) in [5.74, 6) is 1.08. The van der Waals surface area contributed by atoms with Crippen LogP contribution in [0.3, 0.4) is 0 Å². The molecule has 1 aromatic carbocycles. The fourth-order valence-electron chi connectivity index (χ4n) is 3.03. The summed E-state index contributed by atoms with van der Waals surface area (Å²) in [6.45, 7) is 6.09. The molecule has 0 amide bonds. The van der Waals surface area contributed by atoms with Crippen LogP contribution in [-0.4, -0.2) is 62.3 Å². The molecule has 0 aliphatic carbocycles. The molecule has 0 unspecified atom stereocenters. The molecule has 0 spiro atoms. The second-order valence-electron chi connectivity index (χ2n) is 7.17. The van der Waals surface area contributed by atoms with Gasteiger partial charge in [0.15, 0.2) is 5.96 Å². The van der Waals surface area contributed by atoms with Crippen LogP contribution in [0.2, 0.25) is 0 Å². The van der Waals surface area contributed by atoms with Gasteiger partial charge in [-0.25, -0.2) is 4.68 Å². The Balaban J connectivity index is 0.00000544. The molecule has 0 atom stereocenters. The summed E-state index contributed by atoms with van der Waals surface area (Å²) in [6.07, 6.45) is 3.65. The Labute approximate surface area is 213 Å². The van der Waals surface area contributed by atoms with Crippen LogP contribution < -0.4 is 16.4 Å². The molecule has 0 fully saturated rings. The van der Waals surface area contributed by atoms with E-state index in [1.165, 1.54) is 0 Å². The minimum atomic E-state index is 0. The van der Waals surface area contributed by atoms with Gasteiger partial charge >= 0.3 is 0 Å². The molecule has 0 bridgehead atoms. The first-order chi connectivity index (χ1) is 15.7. The van der Waals surface area contributed by atoms with E-state index >= 15 is 0 Å². The largest absolute Gasteiger partial charge is 0.382 e. The number of halogens is 1. The quantitative estimate of drug-likeness (QED) is 0.138. The number of unbranched alkanes of at least 4 members (excludes halogenated alkanes) is 1. The summed E-state index contributed by atoms with van der Waals surface area (Å²) in [4.78, 5) is 4.21. The Bertz CT molecular complexity index is 866. The SMILES string of the molecule is CCCCOCCOCCNC(=NC)NCCCc1nn(-c2ccccc2)c(N)c1C#N.I. The van der Waals surface area contributed by atoms with Gasteiger partial charge in [-0.05, 0) is 31.4 Å². The number of para-hydroxylation sites is 1. The maximum atomic E-state index is 9.51. The molecule has 10 heteroatoms. The first-order valence-corrected chi connectivity index (χ1v) is 11.1. The van der Waals surface area contributed by atoms with E-state index in [1.54, 1.807) is 11.7 Å². The molecule has 2 rings (SSSR count). The molecular weight excluding hydrogens is 533 g/mol. The number of nitrogens with two attached hydrogens (primary N) is 1. The third-order valence-corrected chi connectivity index (χ3v) is 4.77. The highest BCUT2D eigenvalue weighted by molar-refractivity contribution is 14.0. The topological polar surface area (TPSA) is 123 Å². The highest BCUT2D eigenvalue weighted by atomic mass is 127. The summed E-state index contributed by atoms with van der Waals surface area (Å²) < 4.78 is 12.6. The van der Waals surface area contributed by atoms with Gasteiger partial charge in [0.25, 0.3) is 0 Å². The summed E-state index contributed by atoms with van der Waals surface area (Å²) in [5, 5.41) is 20.5. The predicted octanol–water partition coefficient (Wildman–Crippen LogP) is 2.88. The number of nitrogens with one attached hydrogen (secondary N) is 2. The molecule has 0 aliphatic rings. The lowest BCUT2D eigenvalue weighted by Gasteiger charge is -2.12. The van der Waals surface area contributed by atoms with Gasteiger partial charge in [-0.2, -0.15) is 10.4 Å². The zero-order valence-corrected chi connectivity index (χ0v) is 21.9. The van der Waals surface area contributed by atoms with Crippen LogP contribution >= 0.6 is 24.0 Å². The Morgan fingerprint density at radius 3 is 2.45 bits per heavy atom. The minimum Gasteiger partial charge on any atom is -0.382 e. The average Bonchev–Trinajstić information content (AvgIpc) is 3.14. The van der Waals surface area contributed by atoms with Gasteiger partial charge in [0.1, 0.15) is 17.5 Å². The number of nitrogens with zero attached hydrogens (tertiary/aromatic N) is 4. The van der Waals surface area contributed by atoms with Crippen LogP contribution in [0.5, 0.6) is 0 Å². The summed E-state index contributed by atoms with van der Waals surface area (Å²) in [5.41, 5.74) is 8.13. The average molecular weight is 569 g/mol. The fraction of sp³-hybridized carbons (Fsp3) is 0.522. The van der Waals surface area contributed by atoms with Crippen molar-refractivity contribution >= 4 is 35.8 Å². The number of rotatable bonds is 14. The van der Waals surface area contributed by atoms with Gasteiger partial charge in [0.05, 0.1) is 31.2 Å². The number of aryl methyl sites for hydroxylation is 1. The van der Waals surface area contributed by atoms with Crippen LogP contribution in [0.1, 0.15) is 37.4 Å². The number of hydrogen-bond acceptors (Lipinski definition) is 6. The van der Waals surface area contributed by atoms with E-state index in [-0.39, 0.29) is 24.0 Å². The van der Waals surface area contributed by atoms with Crippen LogP contribution in [0, 0.1) is 11.3 Å². The van der Waals surface area contributed by atoms with E-state index in [9.17, 15) is 5.26 Å². The molecule has 182 valence electrons. The van der Waals surface area contributed by atoms with Crippen molar-refractivity contribution in [3.05, 3.63) is 41.6 Å². The van der Waals surface area contributed by atoms with Crippen molar-refractivity contribution in [1.82, 2.24) is 20.4 Å². The number of benzene rings is 1. The third-order valence-electron chi connectivity index (χ3n) is 4.77.